The van der Waals surface area contributed by atoms with Gasteiger partial charge < -0.3 is 28.6 Å². The third-order valence-electron chi connectivity index (χ3n) is 6.47. The number of amides is 1. The molecule has 1 aliphatic rings. The van der Waals surface area contributed by atoms with Crippen LogP contribution in [0.4, 0.5) is 5.95 Å². The first kappa shape index (κ1) is 34.6. The second-order valence-corrected chi connectivity index (χ2v) is 11.5. The number of hydrogen-bond donors (Lipinski definition) is 4. The highest BCUT2D eigenvalue weighted by molar-refractivity contribution is 7.54. The maximum Gasteiger partial charge on any atom is 0.342 e. The molecule has 1 saturated heterocycles. The van der Waals surface area contributed by atoms with E-state index in [2.05, 4.69) is 40.5 Å². The van der Waals surface area contributed by atoms with E-state index >= 15 is 0 Å². The van der Waals surface area contributed by atoms with Crippen LogP contribution in [0.2, 0.25) is 0 Å². The number of methoxy groups -OCH3 is 1. The minimum atomic E-state index is -4.26. The minimum absolute atomic E-state index is 0.0199. The smallest absolute Gasteiger partial charge is 0.342 e. The van der Waals surface area contributed by atoms with Crippen LogP contribution in [0, 0.1) is 0 Å². The summed E-state index contributed by atoms with van der Waals surface area (Å²) in [6.45, 7) is 6.93. The molecule has 0 aromatic carbocycles. The number of aliphatic hydroxyl groups excluding tert-OH is 1. The molecule has 1 fully saturated rings. The van der Waals surface area contributed by atoms with Crippen LogP contribution in [-0.2, 0) is 37.7 Å². The van der Waals surface area contributed by atoms with Crippen LogP contribution >= 0.6 is 7.67 Å². The Balaban J connectivity index is 1.95. The fourth-order valence-corrected chi connectivity index (χ4v) is 6.16. The van der Waals surface area contributed by atoms with Gasteiger partial charge in [-0.15, -0.1) is 0 Å². The van der Waals surface area contributed by atoms with E-state index in [0.717, 1.165) is 0 Å². The minimum Gasteiger partial charge on any atom is -0.479 e. The molecule has 21 heteroatoms. The summed E-state index contributed by atoms with van der Waals surface area (Å²) in [4.78, 5) is 51.0. The maximum absolute atomic E-state index is 13.9. The molecular weight excluding hydrogens is 607 g/mol. The molecule has 0 bridgehead atoms. The Morgan fingerprint density at radius 3 is 2.39 bits per heavy atom. The van der Waals surface area contributed by atoms with Crippen molar-refractivity contribution < 1.29 is 47.5 Å². The van der Waals surface area contributed by atoms with E-state index in [9.17, 15) is 29.6 Å². The van der Waals surface area contributed by atoms with Crippen LogP contribution in [-0.4, -0.2) is 99.7 Å². The van der Waals surface area contributed by atoms with Crippen LogP contribution in [0.15, 0.2) is 11.4 Å². The summed E-state index contributed by atoms with van der Waals surface area (Å²) in [7, 11) is -2.92. The van der Waals surface area contributed by atoms with Crippen molar-refractivity contribution in [3.8, 4) is 5.88 Å². The molecule has 3 heterocycles. The third kappa shape index (κ3) is 7.41. The van der Waals surface area contributed by atoms with Gasteiger partial charge in [0.15, 0.2) is 17.4 Å². The van der Waals surface area contributed by atoms with Crippen LogP contribution in [0.25, 0.3) is 21.6 Å². The zero-order valence-corrected chi connectivity index (χ0v) is 25.8. The van der Waals surface area contributed by atoms with E-state index in [-0.39, 0.29) is 36.2 Å². The molecule has 1 aliphatic heterocycles. The van der Waals surface area contributed by atoms with Gasteiger partial charge in [0, 0.05) is 4.91 Å². The summed E-state index contributed by atoms with van der Waals surface area (Å²) in [5, 5.41) is 22.5. The third-order valence-corrected chi connectivity index (χ3v) is 8.43. The van der Waals surface area contributed by atoms with Gasteiger partial charge in [-0.05, 0) is 40.1 Å². The predicted molar refractivity (Wildman–Crippen MR) is 151 cm³/mol. The average molecular weight is 643 g/mol. The van der Waals surface area contributed by atoms with Crippen molar-refractivity contribution in [2.24, 2.45) is 5.11 Å². The molecule has 1 amide bonds. The number of nitrogens with zero attached hydrogens (tertiary/aromatic N) is 7. The molecule has 0 aliphatic carbocycles. The molecule has 44 heavy (non-hydrogen) atoms. The van der Waals surface area contributed by atoms with Gasteiger partial charge in [0.2, 0.25) is 18.2 Å². The van der Waals surface area contributed by atoms with Crippen molar-refractivity contribution in [1.29, 1.82) is 0 Å². The van der Waals surface area contributed by atoms with Crippen LogP contribution in [0.1, 0.15) is 40.8 Å². The van der Waals surface area contributed by atoms with Crippen molar-refractivity contribution in [1.82, 2.24) is 29.7 Å². The van der Waals surface area contributed by atoms with E-state index < -0.39 is 62.3 Å². The summed E-state index contributed by atoms with van der Waals surface area (Å²) in [5.41, 5.74) is 7.93. The van der Waals surface area contributed by atoms with Crippen molar-refractivity contribution >= 4 is 43.1 Å². The molecule has 3 rings (SSSR count). The van der Waals surface area contributed by atoms with Crippen molar-refractivity contribution in [2.75, 3.05) is 32.2 Å². The fourth-order valence-electron chi connectivity index (χ4n) is 4.34. The normalized spacial score (nSPS) is 24.0. The number of carbonyl (C=O) groups is 3. The standard InChI is InChI=1S/C23H35N10O10P/c1-7-40-19(36)12(3)29-44(38,30-13(4)20(37)41-8-2)42-9-14-16(35)23(5,31-32-24)21(43-14)33-10-25-15-17(33)27-22(26-11-34)28-18(15)39-6/h10-14,16,21,35H,7-9H2,1-6H3,(H2,29,30,38)(H,26,27,28,34)/t12-,13+,14-,16-,21-,23-,44?/m1/s1. The molecule has 242 valence electrons. The highest BCUT2D eigenvalue weighted by atomic mass is 31.2. The van der Waals surface area contributed by atoms with E-state index in [0.29, 0.717) is 6.41 Å². The lowest BCUT2D eigenvalue weighted by molar-refractivity contribution is -0.145. The first-order valence-electron chi connectivity index (χ1n) is 13.4. The number of esters is 2. The molecule has 0 radical (unpaired) electrons. The summed E-state index contributed by atoms with van der Waals surface area (Å²) in [5.74, 6) is -1.57. The first-order chi connectivity index (χ1) is 20.9. The SMILES string of the molecule is CCOC(=O)[C@H](C)NP(=O)(N[C@H](C)C(=O)OCC)OC[C@H]1O[C@@H](n2cnc3c(OC)nc(NC=O)nc32)[C@](C)(N=[N+]=[N-])[C@@H]1O. The molecule has 2 aromatic heterocycles. The van der Waals surface area contributed by atoms with E-state index in [1.54, 1.807) is 13.8 Å². The lowest BCUT2D eigenvalue weighted by atomic mass is 9.93. The number of hydrogen-bond acceptors (Lipinski definition) is 14. The molecule has 20 nitrogen and oxygen atoms in total. The lowest BCUT2D eigenvalue weighted by Gasteiger charge is -2.28. The number of fused-ring (bicyclic) bond motifs is 1. The van der Waals surface area contributed by atoms with E-state index in [1.807, 2.05) is 0 Å². The molecule has 0 saturated carbocycles. The number of azide groups is 1. The van der Waals surface area contributed by atoms with Gasteiger partial charge in [-0.3, -0.25) is 28.8 Å². The van der Waals surface area contributed by atoms with Crippen LogP contribution in [0.5, 0.6) is 5.88 Å². The second-order valence-electron chi connectivity index (χ2n) is 9.58. The zero-order chi connectivity index (χ0) is 32.7. The number of anilines is 1. The number of aliphatic hydroxyl groups is 1. The number of nitrogens with one attached hydrogen (secondary N) is 3. The van der Waals surface area contributed by atoms with Crippen LogP contribution in [0.3, 0.4) is 0 Å². The van der Waals surface area contributed by atoms with Crippen molar-refractivity contribution in [3.63, 3.8) is 0 Å². The lowest BCUT2D eigenvalue weighted by Crippen LogP contribution is -2.44. The van der Waals surface area contributed by atoms with E-state index in [4.69, 9.17) is 23.5 Å². The number of aromatic nitrogens is 4. The highest BCUT2D eigenvalue weighted by Crippen LogP contribution is 2.46. The maximum atomic E-state index is 13.9. The molecular formula is C23H35N10O10P. The van der Waals surface area contributed by atoms with Crippen LogP contribution < -0.4 is 20.2 Å². The quantitative estimate of drug-likeness (QED) is 0.0496. The van der Waals surface area contributed by atoms with Gasteiger partial charge in [-0.2, -0.15) is 9.97 Å². The zero-order valence-electron chi connectivity index (χ0n) is 24.9. The second kappa shape index (κ2) is 14.7. The Labute approximate surface area is 251 Å². The monoisotopic (exact) mass is 642 g/mol. The molecule has 4 N–H and O–H groups in total. The Morgan fingerprint density at radius 1 is 1.25 bits per heavy atom. The summed E-state index contributed by atoms with van der Waals surface area (Å²) in [6.07, 6.45) is -2.44. The van der Waals surface area contributed by atoms with Gasteiger partial charge in [-0.25, -0.2) is 15.2 Å². The predicted octanol–water partition coefficient (Wildman–Crippen LogP) is 0.938. The highest BCUT2D eigenvalue weighted by Gasteiger charge is 2.55. The van der Waals surface area contributed by atoms with Gasteiger partial charge in [0.05, 0.1) is 39.4 Å². The summed E-state index contributed by atoms with van der Waals surface area (Å²) in [6, 6.07) is -2.28. The van der Waals surface area contributed by atoms with Gasteiger partial charge >= 0.3 is 19.6 Å². The van der Waals surface area contributed by atoms with Crippen molar-refractivity contribution in [2.45, 2.75) is 70.7 Å². The number of ether oxygens (including phenoxy) is 4. The molecule has 1 unspecified atom stereocenters. The van der Waals surface area contributed by atoms with Crippen molar-refractivity contribution in [3.05, 3.63) is 16.8 Å². The molecule has 0 spiro atoms. The average Bonchev–Trinajstić information content (AvgIpc) is 3.50. The van der Waals surface area contributed by atoms with Gasteiger partial charge in [-0.1, -0.05) is 5.11 Å². The number of rotatable bonds is 16. The largest absolute Gasteiger partial charge is 0.479 e. The fraction of sp³-hybridized carbons (Fsp3) is 0.652. The Bertz CT molecular complexity index is 1420. The molecule has 7 atom stereocenters. The number of carbonyl (C=O) groups excluding carboxylic acids is 3. The topological polar surface area (TPSA) is 263 Å². The first-order valence-corrected chi connectivity index (χ1v) is 15.0. The molecule has 2 aromatic rings. The van der Waals surface area contributed by atoms with E-state index in [1.165, 1.54) is 38.8 Å². The van der Waals surface area contributed by atoms with Gasteiger partial charge in [0.25, 0.3) is 0 Å². The Hall–Kier alpha value is -3.90. The van der Waals surface area contributed by atoms with Gasteiger partial charge in [0.1, 0.15) is 23.7 Å². The summed E-state index contributed by atoms with van der Waals surface area (Å²) < 4.78 is 42.2. The number of imidazole rings is 1. The Morgan fingerprint density at radius 2 is 1.86 bits per heavy atom. The Kier molecular flexibility index (Phi) is 11.6. The summed E-state index contributed by atoms with van der Waals surface area (Å²) >= 11 is 0.